The molecule has 0 aromatic heterocycles. The summed E-state index contributed by atoms with van der Waals surface area (Å²) in [7, 11) is 0. The van der Waals surface area contributed by atoms with Gasteiger partial charge in [0.2, 0.25) is 0 Å². The summed E-state index contributed by atoms with van der Waals surface area (Å²) in [5, 5.41) is 2.80. The van der Waals surface area contributed by atoms with Crippen LogP contribution in [-0.4, -0.2) is 42.2 Å². The topological polar surface area (TPSA) is 41.6 Å². The van der Waals surface area contributed by atoms with Gasteiger partial charge in [-0.05, 0) is 54.1 Å². The number of nitrogens with zero attached hydrogens (tertiary/aromatic N) is 1. The predicted molar refractivity (Wildman–Crippen MR) is 64.5 cm³/mol. The molecule has 0 aromatic rings. The molecule has 1 N–H and O–H groups in total. The van der Waals surface area contributed by atoms with Crippen LogP contribution in [0.1, 0.15) is 44.6 Å². The molecule has 1 rings (SSSR count). The van der Waals surface area contributed by atoms with Crippen molar-refractivity contribution < 1.29 is 13.6 Å². The summed E-state index contributed by atoms with van der Waals surface area (Å²) in [6.45, 7) is 5.97. The number of amides is 1. The maximum atomic E-state index is 11.8. The Hall–Kier alpha value is -0.770. The van der Waals surface area contributed by atoms with E-state index in [9.17, 15) is 4.79 Å². The van der Waals surface area contributed by atoms with Gasteiger partial charge >= 0.3 is 6.09 Å². The standard InChI is InChI=1S/C12H24N2O2/c1-11(2,3)16-10(15)13-12(4)7-6-8-14(5)9-12/h6-9H2,1-5H3,(H,13,15)/t12-/m0/s1/i5D3. The second-order valence-electron chi connectivity index (χ2n) is 5.71. The predicted octanol–water partition coefficient (Wildman–Crippen LogP) is 2.00. The van der Waals surface area contributed by atoms with Crippen LogP contribution in [0, 0.1) is 0 Å². The SMILES string of the molecule is [2H]C([2H])([2H])N1CCC[C@](C)(NC(=O)OC(C)(C)C)C1. The quantitative estimate of drug-likeness (QED) is 0.750. The van der Waals surface area contributed by atoms with Crippen molar-refractivity contribution in [2.24, 2.45) is 0 Å². The van der Waals surface area contributed by atoms with Crippen LogP contribution < -0.4 is 5.32 Å². The largest absolute Gasteiger partial charge is 0.444 e. The van der Waals surface area contributed by atoms with Crippen LogP contribution in [0.3, 0.4) is 0 Å². The van der Waals surface area contributed by atoms with Gasteiger partial charge in [-0.2, -0.15) is 0 Å². The molecule has 0 bridgehead atoms. The molecule has 0 spiro atoms. The van der Waals surface area contributed by atoms with E-state index in [1.54, 1.807) is 20.8 Å². The van der Waals surface area contributed by atoms with Gasteiger partial charge < -0.3 is 15.0 Å². The number of carbonyl (C=O) groups is 1. The average molecular weight is 231 g/mol. The van der Waals surface area contributed by atoms with Crippen LogP contribution in [0.15, 0.2) is 0 Å². The van der Waals surface area contributed by atoms with Crippen molar-refractivity contribution in [1.82, 2.24) is 10.2 Å². The molecule has 16 heavy (non-hydrogen) atoms. The minimum Gasteiger partial charge on any atom is -0.444 e. The fourth-order valence-electron chi connectivity index (χ4n) is 1.89. The number of carbonyl (C=O) groups excluding carboxylic acids is 1. The number of piperidine rings is 1. The summed E-state index contributed by atoms with van der Waals surface area (Å²) in [6, 6.07) is 0. The van der Waals surface area contributed by atoms with E-state index in [1.165, 1.54) is 4.90 Å². The second-order valence-corrected chi connectivity index (χ2v) is 5.71. The fraction of sp³-hybridized carbons (Fsp3) is 0.917. The van der Waals surface area contributed by atoms with E-state index in [-0.39, 0.29) is 0 Å². The molecule has 1 aliphatic rings. The van der Waals surface area contributed by atoms with Crippen molar-refractivity contribution in [1.29, 1.82) is 0 Å². The fourth-order valence-corrected chi connectivity index (χ4v) is 1.89. The Labute approximate surface area is 103 Å². The molecule has 0 radical (unpaired) electrons. The third kappa shape index (κ3) is 4.39. The van der Waals surface area contributed by atoms with Gasteiger partial charge in [0.1, 0.15) is 5.60 Å². The van der Waals surface area contributed by atoms with Crippen LogP contribution in [0.2, 0.25) is 0 Å². The van der Waals surface area contributed by atoms with Crippen LogP contribution in [0.5, 0.6) is 0 Å². The molecule has 1 saturated heterocycles. The summed E-state index contributed by atoms with van der Waals surface area (Å²) in [5.74, 6) is 0. The Morgan fingerprint density at radius 2 is 2.25 bits per heavy atom. The number of ether oxygens (including phenoxy) is 1. The highest BCUT2D eigenvalue weighted by molar-refractivity contribution is 5.68. The number of hydrogen-bond acceptors (Lipinski definition) is 3. The Morgan fingerprint density at radius 3 is 2.81 bits per heavy atom. The Kier molecular flexibility index (Phi) is 2.68. The molecular formula is C12H24N2O2. The van der Waals surface area contributed by atoms with E-state index in [2.05, 4.69) is 5.32 Å². The monoisotopic (exact) mass is 231 g/mol. The van der Waals surface area contributed by atoms with Gasteiger partial charge in [-0.3, -0.25) is 0 Å². The zero-order valence-electron chi connectivity index (χ0n) is 13.6. The summed E-state index contributed by atoms with van der Waals surface area (Å²) in [5.41, 5.74) is -1.12. The molecule has 94 valence electrons. The van der Waals surface area contributed by atoms with Crippen molar-refractivity contribution in [3.8, 4) is 0 Å². The van der Waals surface area contributed by atoms with Crippen LogP contribution in [0.25, 0.3) is 0 Å². The number of likely N-dealkylation sites (tertiary alicyclic amines) is 1. The van der Waals surface area contributed by atoms with Crippen molar-refractivity contribution in [2.75, 3.05) is 20.1 Å². The van der Waals surface area contributed by atoms with Gasteiger partial charge in [0.25, 0.3) is 0 Å². The molecule has 1 atom stereocenters. The summed E-state index contributed by atoms with van der Waals surface area (Å²) in [6.07, 6.45) is 0.992. The molecule has 1 heterocycles. The summed E-state index contributed by atoms with van der Waals surface area (Å²) < 4.78 is 27.6. The normalized spacial score (nSPS) is 31.1. The highest BCUT2D eigenvalue weighted by Gasteiger charge is 2.32. The van der Waals surface area contributed by atoms with E-state index >= 15 is 0 Å². The second kappa shape index (κ2) is 4.62. The van der Waals surface area contributed by atoms with Gasteiger partial charge in [-0.15, -0.1) is 0 Å². The zero-order chi connectivity index (χ0) is 14.9. The third-order valence-corrected chi connectivity index (χ3v) is 2.50. The van der Waals surface area contributed by atoms with Gasteiger partial charge in [0, 0.05) is 10.7 Å². The van der Waals surface area contributed by atoms with Crippen LogP contribution >= 0.6 is 0 Å². The third-order valence-electron chi connectivity index (χ3n) is 2.50. The Balaban J connectivity index is 2.63. The molecule has 4 heteroatoms. The lowest BCUT2D eigenvalue weighted by Gasteiger charge is -2.39. The number of hydrogen-bond donors (Lipinski definition) is 1. The minimum absolute atomic E-state index is 0.308. The van der Waals surface area contributed by atoms with E-state index in [0.29, 0.717) is 13.1 Å². The number of likely N-dealkylation sites (N-methyl/N-ethyl adjacent to an activating group) is 1. The summed E-state index contributed by atoms with van der Waals surface area (Å²) >= 11 is 0. The Morgan fingerprint density at radius 1 is 1.56 bits per heavy atom. The van der Waals surface area contributed by atoms with E-state index in [1.807, 2.05) is 6.92 Å². The smallest absolute Gasteiger partial charge is 0.408 e. The zero-order valence-corrected chi connectivity index (χ0v) is 10.6. The van der Waals surface area contributed by atoms with Gasteiger partial charge in [0.05, 0.1) is 5.54 Å². The van der Waals surface area contributed by atoms with Gasteiger partial charge in [0.15, 0.2) is 0 Å². The van der Waals surface area contributed by atoms with Crippen molar-refractivity contribution >= 4 is 6.09 Å². The Bertz CT molecular complexity index is 339. The highest BCUT2D eigenvalue weighted by Crippen LogP contribution is 2.20. The lowest BCUT2D eigenvalue weighted by molar-refractivity contribution is 0.0405. The highest BCUT2D eigenvalue weighted by atomic mass is 16.6. The molecule has 1 fully saturated rings. The van der Waals surface area contributed by atoms with E-state index in [0.717, 1.165) is 12.8 Å². The van der Waals surface area contributed by atoms with Crippen molar-refractivity contribution in [3.63, 3.8) is 0 Å². The first kappa shape index (κ1) is 9.28. The number of alkyl carbamates (subject to hydrolysis) is 1. The van der Waals surface area contributed by atoms with Gasteiger partial charge in [-0.25, -0.2) is 4.79 Å². The molecule has 0 aromatic carbocycles. The molecule has 0 saturated carbocycles. The maximum absolute atomic E-state index is 11.8. The first-order valence-electron chi connectivity index (χ1n) is 7.18. The van der Waals surface area contributed by atoms with Crippen LogP contribution in [-0.2, 0) is 4.74 Å². The number of nitrogens with one attached hydrogen (secondary N) is 1. The first-order valence-corrected chi connectivity index (χ1v) is 5.68. The molecule has 0 unspecified atom stereocenters. The molecule has 1 amide bonds. The van der Waals surface area contributed by atoms with Crippen molar-refractivity contribution in [3.05, 3.63) is 0 Å². The molecule has 1 aliphatic heterocycles. The summed E-state index contributed by atoms with van der Waals surface area (Å²) in [4.78, 5) is 13.2. The van der Waals surface area contributed by atoms with E-state index < -0.39 is 24.2 Å². The molecule has 4 nitrogen and oxygen atoms in total. The first-order chi connectivity index (χ1) is 8.41. The lowest BCUT2D eigenvalue weighted by atomic mass is 9.92. The molecular weight excluding hydrogens is 204 g/mol. The van der Waals surface area contributed by atoms with Crippen LogP contribution in [0.4, 0.5) is 4.79 Å². The maximum Gasteiger partial charge on any atom is 0.408 e. The van der Waals surface area contributed by atoms with Crippen molar-refractivity contribution in [2.45, 2.75) is 51.7 Å². The lowest BCUT2D eigenvalue weighted by Crippen LogP contribution is -2.56. The molecule has 0 aliphatic carbocycles. The number of rotatable bonds is 1. The van der Waals surface area contributed by atoms with E-state index in [4.69, 9.17) is 8.85 Å². The minimum atomic E-state index is -2.11. The average Bonchev–Trinajstić information content (AvgIpc) is 2.11. The van der Waals surface area contributed by atoms with Gasteiger partial charge in [-0.1, -0.05) is 0 Å².